The second-order valence-corrected chi connectivity index (χ2v) is 13.8. The number of nitrogens with zero attached hydrogens (tertiary/aromatic N) is 1. The molecule has 34 heavy (non-hydrogen) atoms. The highest BCUT2D eigenvalue weighted by Crippen LogP contribution is 2.71. The number of aryl methyl sites for hydroxylation is 1. The van der Waals surface area contributed by atoms with Gasteiger partial charge in [0.2, 0.25) is 10.0 Å². The van der Waals surface area contributed by atoms with E-state index in [2.05, 4.69) is 20.8 Å². The monoisotopic (exact) mass is 487 g/mol. The largest absolute Gasteiger partial charge is 0.396 e. The number of rotatable bonds is 5. The van der Waals surface area contributed by atoms with Crippen LogP contribution in [0.15, 0.2) is 40.3 Å². The zero-order valence-electron chi connectivity index (χ0n) is 21.1. The molecule has 2 N–H and O–H groups in total. The van der Waals surface area contributed by atoms with Gasteiger partial charge in [-0.2, -0.15) is 4.31 Å². The molecule has 6 heteroatoms. The van der Waals surface area contributed by atoms with E-state index < -0.39 is 21.5 Å². The van der Waals surface area contributed by atoms with Crippen LogP contribution in [0.5, 0.6) is 0 Å². The van der Waals surface area contributed by atoms with Crippen LogP contribution < -0.4 is 0 Å². The Labute approximate surface area is 205 Å². The first-order valence-corrected chi connectivity index (χ1v) is 14.6. The SMILES string of the molecule is Cc1ccc(S(=O)(=O)N2C[C@H]3CC4=C(CCC[C@@H]4O)[C@@]4(CCO)[C@@H]2[C@@H](C(C)C)CC[C@@]34C)cc1. The van der Waals surface area contributed by atoms with Crippen LogP contribution in [-0.4, -0.2) is 48.2 Å². The normalized spacial score (nSPS) is 38.2. The van der Waals surface area contributed by atoms with Crippen molar-refractivity contribution in [3.63, 3.8) is 0 Å². The summed E-state index contributed by atoms with van der Waals surface area (Å²) in [6.45, 7) is 9.32. The minimum Gasteiger partial charge on any atom is -0.396 e. The van der Waals surface area contributed by atoms with E-state index in [1.54, 1.807) is 12.1 Å². The minimum absolute atomic E-state index is 0.0366. The standard InChI is InChI=1S/C28H41NO4S/c1-18(2)22-12-13-27(4)20-16-23-24(6-5-7-25(23)31)28(27,14-15-30)26(22)29(17-20)34(32,33)21-10-8-19(3)9-11-21/h8-11,18,20,22,25-26,30-31H,5-7,12-17H2,1-4H3/t20-,22-,25+,26+,27+,28+/m1/s1. The highest BCUT2D eigenvalue weighted by molar-refractivity contribution is 7.89. The lowest BCUT2D eigenvalue weighted by molar-refractivity contribution is -0.166. The van der Waals surface area contributed by atoms with Crippen LogP contribution in [0.25, 0.3) is 0 Å². The summed E-state index contributed by atoms with van der Waals surface area (Å²) >= 11 is 0. The first kappa shape index (κ1) is 24.5. The summed E-state index contributed by atoms with van der Waals surface area (Å²) in [5.74, 6) is 0.693. The molecule has 1 aromatic rings. The first-order chi connectivity index (χ1) is 16.1. The van der Waals surface area contributed by atoms with Gasteiger partial charge in [-0.05, 0) is 92.7 Å². The number of hydrogen-bond acceptors (Lipinski definition) is 4. The van der Waals surface area contributed by atoms with E-state index >= 15 is 0 Å². The van der Waals surface area contributed by atoms with Crippen molar-refractivity contribution in [2.24, 2.45) is 28.6 Å². The summed E-state index contributed by atoms with van der Waals surface area (Å²) in [7, 11) is -3.71. The highest BCUT2D eigenvalue weighted by Gasteiger charge is 2.70. The van der Waals surface area contributed by atoms with Crippen LogP contribution in [0.2, 0.25) is 0 Å². The third kappa shape index (κ3) is 3.24. The summed E-state index contributed by atoms with van der Waals surface area (Å²) in [6, 6.07) is 7.05. The van der Waals surface area contributed by atoms with E-state index in [1.807, 2.05) is 23.4 Å². The van der Waals surface area contributed by atoms with Gasteiger partial charge in [0.05, 0.1) is 11.0 Å². The molecule has 5 nitrogen and oxygen atoms in total. The first-order valence-electron chi connectivity index (χ1n) is 13.2. The van der Waals surface area contributed by atoms with Gasteiger partial charge in [-0.3, -0.25) is 0 Å². The van der Waals surface area contributed by atoms with Gasteiger partial charge in [0, 0.05) is 24.6 Å². The fourth-order valence-corrected chi connectivity index (χ4v) is 10.3. The number of hydrogen-bond donors (Lipinski definition) is 2. The van der Waals surface area contributed by atoms with Crippen molar-refractivity contribution in [3.8, 4) is 0 Å². The molecule has 188 valence electrons. The summed E-state index contributed by atoms with van der Waals surface area (Å²) in [6.07, 6.45) is 5.62. The molecule has 3 aliphatic carbocycles. The zero-order chi connectivity index (χ0) is 24.5. The maximum absolute atomic E-state index is 14.3. The maximum Gasteiger partial charge on any atom is 0.243 e. The molecular formula is C28H41NO4S. The average Bonchev–Trinajstić information content (AvgIpc) is 2.77. The molecule has 0 radical (unpaired) electrons. The Morgan fingerprint density at radius 2 is 1.88 bits per heavy atom. The molecule has 1 heterocycles. The second kappa shape index (κ2) is 8.43. The van der Waals surface area contributed by atoms with E-state index in [-0.39, 0.29) is 29.9 Å². The lowest BCUT2D eigenvalue weighted by Crippen LogP contribution is -2.73. The molecule has 1 aromatic carbocycles. The van der Waals surface area contributed by atoms with Gasteiger partial charge >= 0.3 is 0 Å². The highest BCUT2D eigenvalue weighted by atomic mass is 32.2. The van der Waals surface area contributed by atoms with Crippen LogP contribution in [-0.2, 0) is 10.0 Å². The summed E-state index contributed by atoms with van der Waals surface area (Å²) in [4.78, 5) is 0.366. The minimum atomic E-state index is -3.71. The Kier molecular flexibility index (Phi) is 6.07. The molecule has 6 atom stereocenters. The molecule has 1 aliphatic heterocycles. The predicted molar refractivity (Wildman–Crippen MR) is 134 cm³/mol. The Balaban J connectivity index is 1.76. The van der Waals surface area contributed by atoms with Gasteiger partial charge in [0.1, 0.15) is 0 Å². The molecule has 5 rings (SSSR count). The Bertz CT molecular complexity index is 1080. The van der Waals surface area contributed by atoms with Gasteiger partial charge in [-0.15, -0.1) is 0 Å². The van der Waals surface area contributed by atoms with E-state index in [4.69, 9.17) is 0 Å². The lowest BCUT2D eigenvalue weighted by atomic mass is 9.38. The van der Waals surface area contributed by atoms with E-state index in [1.165, 1.54) is 11.1 Å². The predicted octanol–water partition coefficient (Wildman–Crippen LogP) is 4.67. The summed E-state index contributed by atoms with van der Waals surface area (Å²) < 4.78 is 30.4. The van der Waals surface area contributed by atoms with Crippen molar-refractivity contribution in [2.45, 2.75) is 89.7 Å². The van der Waals surface area contributed by atoms with E-state index in [0.29, 0.717) is 23.8 Å². The molecule has 1 saturated heterocycles. The van der Waals surface area contributed by atoms with Crippen LogP contribution >= 0.6 is 0 Å². The van der Waals surface area contributed by atoms with Crippen molar-refractivity contribution >= 4 is 10.0 Å². The van der Waals surface area contributed by atoms with E-state index in [9.17, 15) is 18.6 Å². The molecule has 1 saturated carbocycles. The Morgan fingerprint density at radius 3 is 2.53 bits per heavy atom. The quantitative estimate of drug-likeness (QED) is 0.592. The van der Waals surface area contributed by atoms with Crippen molar-refractivity contribution in [1.29, 1.82) is 0 Å². The molecule has 4 aliphatic rings. The third-order valence-electron chi connectivity index (χ3n) is 10.2. The fourth-order valence-electron chi connectivity index (χ4n) is 8.52. The van der Waals surface area contributed by atoms with E-state index in [0.717, 1.165) is 44.1 Å². The van der Waals surface area contributed by atoms with Gasteiger partial charge in [-0.1, -0.05) is 44.0 Å². The molecule has 0 spiro atoms. The molecule has 0 aromatic heterocycles. The number of sulfonamides is 1. The van der Waals surface area contributed by atoms with Gasteiger partial charge in [0.15, 0.2) is 0 Å². The topological polar surface area (TPSA) is 77.8 Å². The lowest BCUT2D eigenvalue weighted by Gasteiger charge is -2.71. The Morgan fingerprint density at radius 1 is 1.18 bits per heavy atom. The Hall–Kier alpha value is -1.21. The smallest absolute Gasteiger partial charge is 0.243 e. The molecule has 0 unspecified atom stereocenters. The van der Waals surface area contributed by atoms with Crippen LogP contribution in [0, 0.1) is 35.5 Å². The summed E-state index contributed by atoms with van der Waals surface area (Å²) in [5, 5.41) is 21.5. The van der Waals surface area contributed by atoms with Gasteiger partial charge < -0.3 is 10.2 Å². The number of benzene rings is 1. The second-order valence-electron chi connectivity index (χ2n) is 12.0. The number of aliphatic hydroxyl groups excluding tert-OH is 2. The molecule has 2 fully saturated rings. The van der Waals surface area contributed by atoms with Gasteiger partial charge in [0.25, 0.3) is 0 Å². The van der Waals surface area contributed by atoms with Crippen molar-refractivity contribution in [1.82, 2.24) is 4.31 Å². The third-order valence-corrected chi connectivity index (χ3v) is 12.1. The molecule has 0 amide bonds. The average molecular weight is 488 g/mol. The number of aliphatic hydroxyl groups is 2. The van der Waals surface area contributed by atoms with Crippen molar-refractivity contribution < 1.29 is 18.6 Å². The van der Waals surface area contributed by atoms with Crippen LogP contribution in [0.1, 0.15) is 71.3 Å². The van der Waals surface area contributed by atoms with Crippen LogP contribution in [0.3, 0.4) is 0 Å². The zero-order valence-corrected chi connectivity index (χ0v) is 21.9. The fraction of sp³-hybridized carbons (Fsp3) is 0.714. The van der Waals surface area contributed by atoms with Crippen molar-refractivity contribution in [3.05, 3.63) is 41.0 Å². The van der Waals surface area contributed by atoms with Crippen LogP contribution in [0.4, 0.5) is 0 Å². The maximum atomic E-state index is 14.3. The van der Waals surface area contributed by atoms with Crippen molar-refractivity contribution in [2.75, 3.05) is 13.2 Å². The summed E-state index contributed by atoms with van der Waals surface area (Å²) in [5.41, 5.74) is 3.01. The van der Waals surface area contributed by atoms with Gasteiger partial charge in [-0.25, -0.2) is 8.42 Å². The molecular weight excluding hydrogens is 446 g/mol. The molecule has 4 bridgehead atoms. The number of piperidine rings is 1.